The highest BCUT2D eigenvalue weighted by Crippen LogP contribution is 2.79. The molecular formula is C23H34. The van der Waals surface area contributed by atoms with E-state index in [9.17, 15) is 0 Å². The van der Waals surface area contributed by atoms with Crippen molar-refractivity contribution in [1.29, 1.82) is 0 Å². The van der Waals surface area contributed by atoms with Crippen LogP contribution in [0.25, 0.3) is 0 Å². The van der Waals surface area contributed by atoms with Crippen molar-refractivity contribution >= 4 is 0 Å². The predicted octanol–water partition coefficient (Wildman–Crippen LogP) is 5.62. The van der Waals surface area contributed by atoms with Gasteiger partial charge in [-0.15, -0.1) is 0 Å². The van der Waals surface area contributed by atoms with E-state index in [2.05, 4.69) is 6.92 Å². The SMILES string of the molecule is CC1C(C2CCCC2)CC2C1C1CC3C4CC5CCC5C4C3C21. The molecule has 0 saturated heterocycles. The first-order valence-corrected chi connectivity index (χ1v) is 11.3. The van der Waals surface area contributed by atoms with Crippen LogP contribution in [-0.4, -0.2) is 0 Å². The van der Waals surface area contributed by atoms with E-state index in [0.29, 0.717) is 0 Å². The van der Waals surface area contributed by atoms with Crippen LogP contribution in [0.1, 0.15) is 64.7 Å². The predicted molar refractivity (Wildman–Crippen MR) is 92.6 cm³/mol. The summed E-state index contributed by atoms with van der Waals surface area (Å²) in [6, 6.07) is 0. The maximum absolute atomic E-state index is 2.69. The van der Waals surface area contributed by atoms with Gasteiger partial charge in [0.1, 0.15) is 0 Å². The monoisotopic (exact) mass is 310 g/mol. The summed E-state index contributed by atoms with van der Waals surface area (Å²) in [6.45, 7) is 2.69. The Kier molecular flexibility index (Phi) is 2.42. The molecule has 23 heavy (non-hydrogen) atoms. The van der Waals surface area contributed by atoms with Crippen molar-refractivity contribution in [1.82, 2.24) is 0 Å². The zero-order valence-electron chi connectivity index (χ0n) is 14.9. The minimum atomic E-state index is 1.10. The number of fused-ring (bicyclic) bond motifs is 11. The Balaban J connectivity index is 1.15. The molecule has 0 N–H and O–H groups in total. The second kappa shape index (κ2) is 4.21. The van der Waals surface area contributed by atoms with Crippen LogP contribution in [0.4, 0.5) is 0 Å². The van der Waals surface area contributed by atoms with E-state index < -0.39 is 0 Å². The lowest BCUT2D eigenvalue weighted by Gasteiger charge is -2.56. The van der Waals surface area contributed by atoms with Gasteiger partial charge in [0.05, 0.1) is 0 Å². The van der Waals surface area contributed by atoms with E-state index >= 15 is 0 Å². The summed E-state index contributed by atoms with van der Waals surface area (Å²) >= 11 is 0. The second-order valence-corrected chi connectivity index (χ2v) is 11.2. The lowest BCUT2D eigenvalue weighted by Crippen LogP contribution is -2.52. The second-order valence-electron chi connectivity index (χ2n) is 11.2. The van der Waals surface area contributed by atoms with E-state index in [1.807, 2.05) is 0 Å². The van der Waals surface area contributed by atoms with E-state index in [0.717, 1.165) is 17.8 Å². The molecule has 0 nitrogen and oxygen atoms in total. The summed E-state index contributed by atoms with van der Waals surface area (Å²) in [6.07, 6.45) is 14.5. The van der Waals surface area contributed by atoms with Crippen LogP contribution < -0.4 is 0 Å². The van der Waals surface area contributed by atoms with Gasteiger partial charge in [-0.2, -0.15) is 0 Å². The fourth-order valence-corrected chi connectivity index (χ4v) is 10.7. The van der Waals surface area contributed by atoms with Crippen molar-refractivity contribution in [3.05, 3.63) is 0 Å². The third kappa shape index (κ3) is 1.38. The molecule has 0 bridgehead atoms. The topological polar surface area (TPSA) is 0 Å². The molecule has 0 heterocycles. The molecule has 0 aromatic carbocycles. The Bertz CT molecular complexity index is 530. The molecule has 0 aliphatic heterocycles. The van der Waals surface area contributed by atoms with E-state index in [1.165, 1.54) is 59.2 Å². The highest BCUT2D eigenvalue weighted by molar-refractivity contribution is 5.21. The fourth-order valence-electron chi connectivity index (χ4n) is 10.7. The molecule has 0 aromatic heterocycles. The Morgan fingerprint density at radius 2 is 1.17 bits per heavy atom. The van der Waals surface area contributed by atoms with Crippen LogP contribution in [-0.2, 0) is 0 Å². The lowest BCUT2D eigenvalue weighted by molar-refractivity contribution is -0.0902. The molecule has 0 amide bonds. The van der Waals surface area contributed by atoms with Gasteiger partial charge in [0.25, 0.3) is 0 Å². The molecule has 7 rings (SSSR count). The van der Waals surface area contributed by atoms with Crippen molar-refractivity contribution in [3.63, 3.8) is 0 Å². The smallest absolute Gasteiger partial charge is 0.0315 e. The molecule has 0 radical (unpaired) electrons. The third-order valence-corrected chi connectivity index (χ3v) is 11.3. The molecule has 12 atom stereocenters. The van der Waals surface area contributed by atoms with Crippen molar-refractivity contribution in [2.75, 3.05) is 0 Å². The fraction of sp³-hybridized carbons (Fsp3) is 1.00. The van der Waals surface area contributed by atoms with Gasteiger partial charge in [0.15, 0.2) is 0 Å². The van der Waals surface area contributed by atoms with Gasteiger partial charge in [-0.25, -0.2) is 0 Å². The van der Waals surface area contributed by atoms with Crippen molar-refractivity contribution in [2.24, 2.45) is 76.9 Å². The largest absolute Gasteiger partial charge is 0.0619 e. The summed E-state index contributed by atoms with van der Waals surface area (Å²) in [5.74, 6) is 15.6. The molecule has 0 spiro atoms. The molecule has 7 aliphatic rings. The summed E-state index contributed by atoms with van der Waals surface area (Å²) in [7, 11) is 0. The first-order valence-electron chi connectivity index (χ1n) is 11.3. The number of hydrogen-bond donors (Lipinski definition) is 0. The third-order valence-electron chi connectivity index (χ3n) is 11.3. The Morgan fingerprint density at radius 1 is 0.478 bits per heavy atom. The van der Waals surface area contributed by atoms with Gasteiger partial charge >= 0.3 is 0 Å². The quantitative estimate of drug-likeness (QED) is 0.589. The van der Waals surface area contributed by atoms with E-state index in [4.69, 9.17) is 0 Å². The lowest BCUT2D eigenvalue weighted by atomic mass is 9.48. The molecular weight excluding hydrogens is 276 g/mol. The van der Waals surface area contributed by atoms with Gasteiger partial charge in [0.2, 0.25) is 0 Å². The van der Waals surface area contributed by atoms with Gasteiger partial charge in [-0.3, -0.25) is 0 Å². The zero-order valence-corrected chi connectivity index (χ0v) is 14.9. The molecule has 7 fully saturated rings. The van der Waals surface area contributed by atoms with Crippen LogP contribution in [0.2, 0.25) is 0 Å². The molecule has 12 unspecified atom stereocenters. The normalized spacial score (nSPS) is 68.2. The summed E-state index contributed by atoms with van der Waals surface area (Å²) < 4.78 is 0. The molecule has 126 valence electrons. The first kappa shape index (κ1) is 13.2. The molecule has 0 aromatic rings. The molecule has 7 aliphatic carbocycles. The highest BCUT2D eigenvalue weighted by Gasteiger charge is 2.74. The first-order chi connectivity index (χ1) is 11.3. The van der Waals surface area contributed by atoms with Gasteiger partial charge in [-0.1, -0.05) is 32.6 Å². The van der Waals surface area contributed by atoms with Crippen molar-refractivity contribution in [2.45, 2.75) is 64.7 Å². The van der Waals surface area contributed by atoms with Gasteiger partial charge in [0, 0.05) is 0 Å². The van der Waals surface area contributed by atoms with Crippen molar-refractivity contribution in [3.8, 4) is 0 Å². The minimum absolute atomic E-state index is 1.10. The number of rotatable bonds is 1. The summed E-state index contributed by atoms with van der Waals surface area (Å²) in [4.78, 5) is 0. The summed E-state index contributed by atoms with van der Waals surface area (Å²) in [5, 5.41) is 0. The van der Waals surface area contributed by atoms with Crippen LogP contribution in [0.3, 0.4) is 0 Å². The van der Waals surface area contributed by atoms with Crippen LogP contribution >= 0.6 is 0 Å². The Labute approximate surface area is 142 Å². The Morgan fingerprint density at radius 3 is 1.91 bits per heavy atom. The maximum Gasteiger partial charge on any atom is -0.0315 e. The summed E-state index contributed by atoms with van der Waals surface area (Å²) in [5.41, 5.74) is 0. The highest BCUT2D eigenvalue weighted by atomic mass is 14.8. The average molecular weight is 311 g/mol. The van der Waals surface area contributed by atoms with E-state index in [-0.39, 0.29) is 0 Å². The van der Waals surface area contributed by atoms with Gasteiger partial charge in [-0.05, 0) is 109 Å². The standard InChI is InChI=1S/C23H34/c1-11-15(12-4-2-3-5-12)9-18-20(11)19-10-17-16-8-13-6-7-14(13)21(16)23(17)22(18)19/h11-23H,2-10H2,1H3. The molecule has 0 heteroatoms. The minimum Gasteiger partial charge on any atom is -0.0619 e. The Hall–Kier alpha value is 0. The number of hydrogen-bond acceptors (Lipinski definition) is 0. The zero-order chi connectivity index (χ0) is 14.9. The van der Waals surface area contributed by atoms with Crippen LogP contribution in [0.5, 0.6) is 0 Å². The van der Waals surface area contributed by atoms with Gasteiger partial charge < -0.3 is 0 Å². The average Bonchev–Trinajstić information content (AvgIpc) is 3.20. The van der Waals surface area contributed by atoms with Crippen LogP contribution in [0, 0.1) is 76.9 Å². The van der Waals surface area contributed by atoms with Crippen molar-refractivity contribution < 1.29 is 0 Å². The van der Waals surface area contributed by atoms with Crippen LogP contribution in [0.15, 0.2) is 0 Å². The van der Waals surface area contributed by atoms with E-state index in [1.54, 1.807) is 57.8 Å². The molecule has 7 saturated carbocycles. The maximum atomic E-state index is 2.69.